The van der Waals surface area contributed by atoms with E-state index in [1.54, 1.807) is 24.0 Å². The maximum atomic E-state index is 13.6. The number of nitrogens with zero attached hydrogens (tertiary/aromatic N) is 2. The Morgan fingerprint density at radius 1 is 1.47 bits per heavy atom. The van der Waals surface area contributed by atoms with Crippen molar-refractivity contribution in [1.29, 1.82) is 0 Å². The van der Waals surface area contributed by atoms with E-state index < -0.39 is 28.8 Å². The van der Waals surface area contributed by atoms with Crippen LogP contribution in [0.4, 0.5) is 14.5 Å². The molecule has 0 aliphatic heterocycles. The molecule has 0 radical (unpaired) electrons. The quantitative estimate of drug-likeness (QED) is 0.820. The number of aryl methyl sites for hydroxylation is 1. The van der Waals surface area contributed by atoms with E-state index in [0.717, 1.165) is 17.8 Å². The molecular weight excluding hydrogens is 254 g/mol. The monoisotopic (exact) mass is 266 g/mol. The summed E-state index contributed by atoms with van der Waals surface area (Å²) < 4.78 is 28.3. The van der Waals surface area contributed by atoms with E-state index in [2.05, 4.69) is 10.4 Å². The summed E-state index contributed by atoms with van der Waals surface area (Å²) in [7, 11) is 1.71. The minimum atomic E-state index is -0.927. The molecule has 7 heteroatoms. The van der Waals surface area contributed by atoms with Gasteiger partial charge >= 0.3 is 0 Å². The van der Waals surface area contributed by atoms with Gasteiger partial charge in [0, 0.05) is 13.2 Å². The summed E-state index contributed by atoms with van der Waals surface area (Å²) in [6.07, 6.45) is 1.57. The Labute approximate surface area is 108 Å². The van der Waals surface area contributed by atoms with Crippen molar-refractivity contribution in [1.82, 2.24) is 15.1 Å². The molecule has 0 aliphatic rings. The second-order valence-corrected chi connectivity index (χ2v) is 3.99. The third kappa shape index (κ3) is 2.70. The molecule has 100 valence electrons. The Balaban J connectivity index is 2.15. The molecule has 0 fully saturated rings. The number of hydrogen-bond donors (Lipinski definition) is 2. The number of carbonyl (C=O) groups is 1. The zero-order valence-corrected chi connectivity index (χ0v) is 10.2. The predicted molar refractivity (Wildman–Crippen MR) is 65.1 cm³/mol. The van der Waals surface area contributed by atoms with Gasteiger partial charge in [-0.15, -0.1) is 0 Å². The van der Waals surface area contributed by atoms with Crippen molar-refractivity contribution in [3.05, 3.63) is 47.3 Å². The van der Waals surface area contributed by atoms with Gasteiger partial charge in [-0.05, 0) is 18.2 Å². The SMILES string of the molecule is Cn1nccc1CNC(=O)c1cc(F)cc(N)c1F. The number of amides is 1. The number of nitrogens with two attached hydrogens (primary N) is 1. The summed E-state index contributed by atoms with van der Waals surface area (Å²) in [6.45, 7) is 0.158. The highest BCUT2D eigenvalue weighted by Crippen LogP contribution is 2.17. The van der Waals surface area contributed by atoms with Crippen LogP contribution in [-0.2, 0) is 13.6 Å². The highest BCUT2D eigenvalue weighted by molar-refractivity contribution is 5.95. The first kappa shape index (κ1) is 13.0. The maximum Gasteiger partial charge on any atom is 0.254 e. The lowest BCUT2D eigenvalue weighted by Crippen LogP contribution is -2.25. The van der Waals surface area contributed by atoms with Crippen molar-refractivity contribution in [2.45, 2.75) is 6.54 Å². The zero-order chi connectivity index (χ0) is 14.0. The van der Waals surface area contributed by atoms with Crippen molar-refractivity contribution in [3.63, 3.8) is 0 Å². The van der Waals surface area contributed by atoms with Crippen LogP contribution in [0.25, 0.3) is 0 Å². The van der Waals surface area contributed by atoms with Gasteiger partial charge < -0.3 is 11.1 Å². The molecule has 0 saturated carbocycles. The van der Waals surface area contributed by atoms with Crippen molar-refractivity contribution < 1.29 is 13.6 Å². The fourth-order valence-electron chi connectivity index (χ4n) is 1.62. The van der Waals surface area contributed by atoms with Gasteiger partial charge in [0.15, 0.2) is 5.82 Å². The van der Waals surface area contributed by atoms with Crippen molar-refractivity contribution in [3.8, 4) is 0 Å². The molecular formula is C12H12F2N4O. The summed E-state index contributed by atoms with van der Waals surface area (Å²) in [5.41, 5.74) is 5.18. The average Bonchev–Trinajstić information content (AvgIpc) is 2.76. The lowest BCUT2D eigenvalue weighted by Gasteiger charge is -2.08. The fraction of sp³-hybridized carbons (Fsp3) is 0.167. The van der Waals surface area contributed by atoms with Crippen LogP contribution in [0.15, 0.2) is 24.4 Å². The Bertz CT molecular complexity index is 624. The van der Waals surface area contributed by atoms with Gasteiger partial charge in [0.25, 0.3) is 5.91 Å². The third-order valence-electron chi connectivity index (χ3n) is 2.66. The van der Waals surface area contributed by atoms with Crippen molar-refractivity contribution >= 4 is 11.6 Å². The number of aromatic nitrogens is 2. The van der Waals surface area contributed by atoms with Crippen LogP contribution in [0.1, 0.15) is 16.1 Å². The lowest BCUT2D eigenvalue weighted by atomic mass is 10.1. The predicted octanol–water partition coefficient (Wildman–Crippen LogP) is 1.21. The number of carbonyl (C=O) groups excluding carboxylic acids is 1. The highest BCUT2D eigenvalue weighted by atomic mass is 19.1. The molecule has 0 aliphatic carbocycles. The second-order valence-electron chi connectivity index (χ2n) is 3.99. The summed E-state index contributed by atoms with van der Waals surface area (Å²) in [6, 6.07) is 3.34. The molecule has 5 nitrogen and oxygen atoms in total. The Morgan fingerprint density at radius 3 is 2.84 bits per heavy atom. The second kappa shape index (κ2) is 5.05. The molecule has 0 saturated heterocycles. The molecule has 2 aromatic rings. The van der Waals surface area contributed by atoms with Crippen LogP contribution in [-0.4, -0.2) is 15.7 Å². The molecule has 19 heavy (non-hydrogen) atoms. The van der Waals surface area contributed by atoms with E-state index in [-0.39, 0.29) is 6.54 Å². The number of halogens is 2. The van der Waals surface area contributed by atoms with Crippen LogP contribution in [0.3, 0.4) is 0 Å². The number of nitrogen functional groups attached to an aromatic ring is 1. The molecule has 0 unspecified atom stereocenters. The third-order valence-corrected chi connectivity index (χ3v) is 2.66. The van der Waals surface area contributed by atoms with Crippen molar-refractivity contribution in [2.24, 2.45) is 7.05 Å². The molecule has 1 amide bonds. The van der Waals surface area contributed by atoms with E-state index >= 15 is 0 Å². The molecule has 1 aromatic carbocycles. The van der Waals surface area contributed by atoms with Crippen LogP contribution < -0.4 is 11.1 Å². The molecule has 1 heterocycles. The average molecular weight is 266 g/mol. The Hall–Kier alpha value is -2.44. The topological polar surface area (TPSA) is 72.9 Å². The summed E-state index contributed by atoms with van der Waals surface area (Å²) in [5, 5.41) is 6.40. The first-order valence-electron chi connectivity index (χ1n) is 5.48. The molecule has 3 N–H and O–H groups in total. The van der Waals surface area contributed by atoms with E-state index in [1.807, 2.05) is 0 Å². The summed E-state index contributed by atoms with van der Waals surface area (Å²) in [5.74, 6) is -2.42. The van der Waals surface area contributed by atoms with E-state index in [1.165, 1.54) is 0 Å². The standard InChI is InChI=1S/C12H12F2N4O/c1-18-8(2-3-17-18)6-16-12(19)9-4-7(13)5-10(15)11(9)14/h2-5H,6,15H2,1H3,(H,16,19). The van der Waals surface area contributed by atoms with E-state index in [0.29, 0.717) is 0 Å². The van der Waals surface area contributed by atoms with Gasteiger partial charge in [-0.25, -0.2) is 8.78 Å². The number of nitrogens with one attached hydrogen (secondary N) is 1. The fourth-order valence-corrected chi connectivity index (χ4v) is 1.62. The van der Waals surface area contributed by atoms with Gasteiger partial charge in [0.1, 0.15) is 5.82 Å². The maximum absolute atomic E-state index is 13.6. The number of rotatable bonds is 3. The van der Waals surface area contributed by atoms with Gasteiger partial charge in [-0.3, -0.25) is 9.48 Å². The number of hydrogen-bond acceptors (Lipinski definition) is 3. The Kier molecular flexibility index (Phi) is 3.46. The van der Waals surface area contributed by atoms with Crippen LogP contribution in [0, 0.1) is 11.6 Å². The van der Waals surface area contributed by atoms with Gasteiger partial charge in [-0.2, -0.15) is 5.10 Å². The van der Waals surface area contributed by atoms with E-state index in [9.17, 15) is 13.6 Å². The van der Waals surface area contributed by atoms with Gasteiger partial charge in [0.05, 0.1) is 23.5 Å². The smallest absolute Gasteiger partial charge is 0.254 e. The molecule has 0 bridgehead atoms. The lowest BCUT2D eigenvalue weighted by molar-refractivity contribution is 0.0945. The zero-order valence-electron chi connectivity index (χ0n) is 10.2. The molecule has 0 atom stereocenters. The van der Waals surface area contributed by atoms with Crippen molar-refractivity contribution in [2.75, 3.05) is 5.73 Å². The molecule has 2 rings (SSSR count). The summed E-state index contributed by atoms with van der Waals surface area (Å²) >= 11 is 0. The molecule has 1 aromatic heterocycles. The first-order chi connectivity index (χ1) is 8.99. The van der Waals surface area contributed by atoms with E-state index in [4.69, 9.17) is 5.73 Å². The van der Waals surface area contributed by atoms with Gasteiger partial charge in [-0.1, -0.05) is 0 Å². The minimum absolute atomic E-state index is 0.158. The number of benzene rings is 1. The van der Waals surface area contributed by atoms with Crippen LogP contribution >= 0.6 is 0 Å². The highest BCUT2D eigenvalue weighted by Gasteiger charge is 2.16. The van der Waals surface area contributed by atoms with Gasteiger partial charge in [0.2, 0.25) is 0 Å². The largest absolute Gasteiger partial charge is 0.396 e. The number of anilines is 1. The normalized spacial score (nSPS) is 10.5. The van der Waals surface area contributed by atoms with Crippen LogP contribution in [0.5, 0.6) is 0 Å². The summed E-state index contributed by atoms with van der Waals surface area (Å²) in [4.78, 5) is 11.8. The minimum Gasteiger partial charge on any atom is -0.396 e. The molecule has 0 spiro atoms. The Morgan fingerprint density at radius 2 is 2.21 bits per heavy atom. The van der Waals surface area contributed by atoms with Crippen LogP contribution in [0.2, 0.25) is 0 Å². The first-order valence-corrected chi connectivity index (χ1v) is 5.48.